The van der Waals surface area contributed by atoms with Gasteiger partial charge in [-0.25, -0.2) is 0 Å². The molecule has 2 rings (SSSR count). The van der Waals surface area contributed by atoms with Gasteiger partial charge in [0.2, 0.25) is 0 Å². The van der Waals surface area contributed by atoms with Crippen LogP contribution in [0.5, 0.6) is 5.75 Å². The zero-order valence-corrected chi connectivity index (χ0v) is 10.9. The van der Waals surface area contributed by atoms with Crippen molar-refractivity contribution in [1.82, 2.24) is 5.32 Å². The molecule has 3 nitrogen and oxygen atoms in total. The number of rotatable bonds is 3. The Bertz CT molecular complexity index is 576. The molecule has 0 aliphatic rings. The topological polar surface area (TPSA) is 38.3 Å². The van der Waals surface area contributed by atoms with Gasteiger partial charge in [-0.15, -0.1) is 0 Å². The molecular weight excluding hydrogens is 226 g/mol. The Balaban J connectivity index is 2.55. The Hall–Kier alpha value is -2.03. The molecule has 1 amide bonds. The number of hydrogen-bond acceptors (Lipinski definition) is 2. The van der Waals surface area contributed by atoms with Crippen LogP contribution in [0.3, 0.4) is 0 Å². The molecule has 0 heterocycles. The highest BCUT2D eigenvalue weighted by molar-refractivity contribution is 6.07. The quantitative estimate of drug-likeness (QED) is 0.900. The van der Waals surface area contributed by atoms with Gasteiger partial charge < -0.3 is 10.1 Å². The lowest BCUT2D eigenvalue weighted by atomic mass is 10.0. The molecule has 0 aliphatic carbocycles. The summed E-state index contributed by atoms with van der Waals surface area (Å²) in [4.78, 5) is 11.8. The molecule has 0 atom stereocenters. The molecule has 0 spiro atoms. The summed E-state index contributed by atoms with van der Waals surface area (Å²) in [7, 11) is 1.63. The summed E-state index contributed by atoms with van der Waals surface area (Å²) in [5.41, 5.74) is 0.671. The summed E-state index contributed by atoms with van der Waals surface area (Å²) in [5.74, 6) is 0.705. The van der Waals surface area contributed by atoms with Crippen molar-refractivity contribution >= 4 is 16.7 Å². The maximum atomic E-state index is 11.8. The number of fused-ring (bicyclic) bond motifs is 1. The van der Waals surface area contributed by atoms with Crippen LogP contribution in [0.4, 0.5) is 0 Å². The van der Waals surface area contributed by atoms with Crippen molar-refractivity contribution < 1.29 is 9.53 Å². The number of nitrogens with one attached hydrogen (secondary N) is 1. The molecule has 0 aliphatic heterocycles. The zero-order valence-electron chi connectivity index (χ0n) is 10.9. The Morgan fingerprint density at radius 2 is 2.00 bits per heavy atom. The second-order valence-electron chi connectivity index (χ2n) is 4.43. The van der Waals surface area contributed by atoms with Gasteiger partial charge in [0.25, 0.3) is 5.91 Å². The van der Waals surface area contributed by atoms with E-state index in [1.807, 2.05) is 50.2 Å². The van der Waals surface area contributed by atoms with Crippen LogP contribution in [0.25, 0.3) is 10.8 Å². The van der Waals surface area contributed by atoms with E-state index in [1.165, 1.54) is 0 Å². The summed E-state index contributed by atoms with van der Waals surface area (Å²) in [6.45, 7) is 3.96. The van der Waals surface area contributed by atoms with Gasteiger partial charge in [-0.1, -0.05) is 18.2 Å². The monoisotopic (exact) mass is 243 g/mol. The Kier molecular flexibility index (Phi) is 3.51. The van der Waals surface area contributed by atoms with Gasteiger partial charge in [0.05, 0.1) is 6.10 Å². The molecule has 0 fully saturated rings. The van der Waals surface area contributed by atoms with Crippen molar-refractivity contribution in [2.75, 3.05) is 7.05 Å². The highest BCUT2D eigenvalue weighted by atomic mass is 16.5. The number of carbonyl (C=O) groups is 1. The van der Waals surface area contributed by atoms with Crippen LogP contribution in [-0.2, 0) is 0 Å². The predicted molar refractivity (Wildman–Crippen MR) is 73.1 cm³/mol. The largest absolute Gasteiger partial charge is 0.491 e. The molecule has 0 saturated heterocycles. The van der Waals surface area contributed by atoms with E-state index in [2.05, 4.69) is 5.32 Å². The fourth-order valence-corrected chi connectivity index (χ4v) is 1.93. The molecule has 18 heavy (non-hydrogen) atoms. The normalized spacial score (nSPS) is 10.7. The van der Waals surface area contributed by atoms with Crippen LogP contribution >= 0.6 is 0 Å². The molecule has 3 heteroatoms. The number of ether oxygens (including phenoxy) is 1. The van der Waals surface area contributed by atoms with Crippen molar-refractivity contribution in [3.05, 3.63) is 42.0 Å². The molecule has 0 saturated carbocycles. The molecule has 1 N–H and O–H groups in total. The molecule has 0 bridgehead atoms. The molecule has 0 radical (unpaired) electrons. The summed E-state index contributed by atoms with van der Waals surface area (Å²) < 4.78 is 5.66. The minimum Gasteiger partial charge on any atom is -0.491 e. The van der Waals surface area contributed by atoms with Crippen molar-refractivity contribution in [1.29, 1.82) is 0 Å². The first-order valence-corrected chi connectivity index (χ1v) is 6.03. The number of carbonyl (C=O) groups excluding carboxylic acids is 1. The van der Waals surface area contributed by atoms with E-state index in [4.69, 9.17) is 4.74 Å². The first kappa shape index (κ1) is 12.4. The van der Waals surface area contributed by atoms with E-state index in [-0.39, 0.29) is 12.0 Å². The molecule has 94 valence electrons. The van der Waals surface area contributed by atoms with Crippen LogP contribution in [-0.4, -0.2) is 19.1 Å². The van der Waals surface area contributed by atoms with Crippen molar-refractivity contribution in [3.63, 3.8) is 0 Å². The van der Waals surface area contributed by atoms with E-state index < -0.39 is 0 Å². The maximum Gasteiger partial charge on any atom is 0.251 e. The van der Waals surface area contributed by atoms with Gasteiger partial charge in [0.1, 0.15) is 5.75 Å². The highest BCUT2D eigenvalue weighted by Gasteiger charge is 2.09. The highest BCUT2D eigenvalue weighted by Crippen LogP contribution is 2.24. The van der Waals surface area contributed by atoms with Gasteiger partial charge in [0, 0.05) is 12.6 Å². The van der Waals surface area contributed by atoms with E-state index in [1.54, 1.807) is 7.05 Å². The number of benzene rings is 2. The first-order chi connectivity index (χ1) is 8.61. The molecule has 2 aromatic rings. The number of amides is 1. The molecule has 0 unspecified atom stereocenters. The van der Waals surface area contributed by atoms with E-state index in [9.17, 15) is 4.79 Å². The second kappa shape index (κ2) is 5.08. The predicted octanol–water partition coefficient (Wildman–Crippen LogP) is 2.99. The van der Waals surface area contributed by atoms with Gasteiger partial charge in [0.15, 0.2) is 0 Å². The zero-order chi connectivity index (χ0) is 13.1. The van der Waals surface area contributed by atoms with E-state index in [0.717, 1.165) is 16.5 Å². The first-order valence-electron chi connectivity index (χ1n) is 6.03. The lowest BCUT2D eigenvalue weighted by molar-refractivity contribution is 0.0965. The standard InChI is InChI=1S/C15H17NO2/c1-10(2)18-12-8-7-11-5-4-6-13(14(11)9-12)15(17)16-3/h4-10H,1-3H3,(H,16,17). The van der Waals surface area contributed by atoms with Crippen LogP contribution in [0.1, 0.15) is 24.2 Å². The van der Waals surface area contributed by atoms with Crippen LogP contribution < -0.4 is 10.1 Å². The molecule has 2 aromatic carbocycles. The third kappa shape index (κ3) is 2.45. The van der Waals surface area contributed by atoms with Crippen LogP contribution in [0.15, 0.2) is 36.4 Å². The smallest absolute Gasteiger partial charge is 0.251 e. The Morgan fingerprint density at radius 3 is 2.67 bits per heavy atom. The lowest BCUT2D eigenvalue weighted by Gasteiger charge is -2.11. The molecule has 0 aromatic heterocycles. The summed E-state index contributed by atoms with van der Waals surface area (Å²) in [6.07, 6.45) is 0.120. The minimum absolute atomic E-state index is 0.0812. The summed E-state index contributed by atoms with van der Waals surface area (Å²) in [6, 6.07) is 11.5. The fourth-order valence-electron chi connectivity index (χ4n) is 1.93. The number of hydrogen-bond donors (Lipinski definition) is 1. The minimum atomic E-state index is -0.0812. The third-order valence-electron chi connectivity index (χ3n) is 2.70. The summed E-state index contributed by atoms with van der Waals surface area (Å²) in [5, 5.41) is 4.60. The van der Waals surface area contributed by atoms with Crippen molar-refractivity contribution in [2.45, 2.75) is 20.0 Å². The van der Waals surface area contributed by atoms with Gasteiger partial charge in [-0.3, -0.25) is 4.79 Å². The van der Waals surface area contributed by atoms with E-state index in [0.29, 0.717) is 5.56 Å². The Labute approximate surface area is 107 Å². The van der Waals surface area contributed by atoms with Crippen molar-refractivity contribution in [3.8, 4) is 5.75 Å². The van der Waals surface area contributed by atoms with Crippen LogP contribution in [0, 0.1) is 0 Å². The average Bonchev–Trinajstić information content (AvgIpc) is 2.36. The van der Waals surface area contributed by atoms with Gasteiger partial charge >= 0.3 is 0 Å². The van der Waals surface area contributed by atoms with Crippen LogP contribution in [0.2, 0.25) is 0 Å². The SMILES string of the molecule is CNC(=O)c1cccc2ccc(OC(C)C)cc12. The maximum absolute atomic E-state index is 11.8. The van der Waals surface area contributed by atoms with Gasteiger partial charge in [-0.05, 0) is 42.8 Å². The molecular formula is C15H17NO2. The fraction of sp³-hybridized carbons (Fsp3) is 0.267. The van der Waals surface area contributed by atoms with Crippen molar-refractivity contribution in [2.24, 2.45) is 0 Å². The third-order valence-corrected chi connectivity index (χ3v) is 2.70. The lowest BCUT2D eigenvalue weighted by Crippen LogP contribution is -2.18. The Morgan fingerprint density at radius 1 is 1.22 bits per heavy atom. The van der Waals surface area contributed by atoms with Gasteiger partial charge in [-0.2, -0.15) is 0 Å². The second-order valence-corrected chi connectivity index (χ2v) is 4.43. The van der Waals surface area contributed by atoms with E-state index >= 15 is 0 Å². The summed E-state index contributed by atoms with van der Waals surface area (Å²) >= 11 is 0. The average molecular weight is 243 g/mol.